The standard InChI is InChI=1S/C57H37N5/c1-5-16-38(17-6-1)41-28-31-46(32-29-41)61-51-27-14-13-26-47(51)48-33-34-49-50-37-44(40-20-9-3-10-21-40)30-35-52(50)62(54(49)53(48)61)57-59-55(42-22-11-4-12-23-42)58-56(60-57)45-25-15-24-43(36-45)39-18-7-2-8-19-39/h1-37H. The van der Waals surface area contributed by atoms with Crippen molar-refractivity contribution in [3.8, 4) is 67.8 Å². The number of aromatic nitrogens is 5. The van der Waals surface area contributed by atoms with Crippen LogP contribution in [0.5, 0.6) is 0 Å². The molecule has 0 fully saturated rings. The molecule has 5 heteroatoms. The Labute approximate surface area is 358 Å². The molecule has 0 aliphatic heterocycles. The first-order valence-corrected chi connectivity index (χ1v) is 20.9. The summed E-state index contributed by atoms with van der Waals surface area (Å²) >= 11 is 0. The number of benzene rings is 9. The van der Waals surface area contributed by atoms with Crippen LogP contribution in [0.15, 0.2) is 224 Å². The molecule has 290 valence electrons. The summed E-state index contributed by atoms with van der Waals surface area (Å²) < 4.78 is 4.69. The molecule has 0 saturated carbocycles. The Morgan fingerprint density at radius 3 is 1.37 bits per heavy atom. The first-order valence-electron chi connectivity index (χ1n) is 20.9. The number of nitrogens with zero attached hydrogens (tertiary/aromatic N) is 5. The van der Waals surface area contributed by atoms with Crippen LogP contribution in [0.1, 0.15) is 0 Å². The molecule has 0 radical (unpaired) electrons. The van der Waals surface area contributed by atoms with Gasteiger partial charge in [-0.1, -0.05) is 188 Å². The van der Waals surface area contributed by atoms with E-state index in [4.69, 9.17) is 15.0 Å². The molecular weight excluding hydrogens is 755 g/mol. The van der Waals surface area contributed by atoms with Crippen molar-refractivity contribution in [2.24, 2.45) is 0 Å². The minimum atomic E-state index is 0.551. The molecular formula is C57H37N5. The minimum absolute atomic E-state index is 0.551. The molecule has 0 atom stereocenters. The summed E-state index contributed by atoms with van der Waals surface area (Å²) in [5.74, 6) is 1.76. The normalized spacial score (nSPS) is 11.5. The maximum absolute atomic E-state index is 5.43. The Bertz CT molecular complexity index is 3590. The third kappa shape index (κ3) is 5.98. The SMILES string of the molecule is c1ccc(-c2ccc(-n3c4ccccc4c4ccc5c6cc(-c7ccccc7)ccc6n(-c6nc(-c7ccccc7)nc(-c7cccc(-c8ccccc8)c7)n6)c5c43)cc2)cc1. The third-order valence-corrected chi connectivity index (χ3v) is 12.0. The van der Waals surface area contributed by atoms with E-state index in [2.05, 4.69) is 209 Å². The van der Waals surface area contributed by atoms with E-state index in [9.17, 15) is 0 Å². The van der Waals surface area contributed by atoms with E-state index < -0.39 is 0 Å². The van der Waals surface area contributed by atoms with Crippen molar-refractivity contribution in [3.63, 3.8) is 0 Å². The summed E-state index contributed by atoms with van der Waals surface area (Å²) in [5.41, 5.74) is 14.1. The average Bonchev–Trinajstić information content (AvgIpc) is 3.88. The van der Waals surface area contributed by atoms with E-state index in [-0.39, 0.29) is 0 Å². The fraction of sp³-hybridized carbons (Fsp3) is 0. The van der Waals surface area contributed by atoms with Crippen LogP contribution in [0.25, 0.3) is 111 Å². The number of fused-ring (bicyclic) bond motifs is 7. The van der Waals surface area contributed by atoms with E-state index in [0.717, 1.165) is 77.3 Å². The van der Waals surface area contributed by atoms with Crippen molar-refractivity contribution >= 4 is 43.6 Å². The van der Waals surface area contributed by atoms with E-state index in [0.29, 0.717) is 17.6 Å². The fourth-order valence-corrected chi connectivity index (χ4v) is 9.05. The molecule has 3 heterocycles. The number of hydrogen-bond donors (Lipinski definition) is 0. The van der Waals surface area contributed by atoms with Crippen LogP contribution in [0.3, 0.4) is 0 Å². The Morgan fingerprint density at radius 1 is 0.258 bits per heavy atom. The number of para-hydroxylation sites is 1. The summed E-state index contributed by atoms with van der Waals surface area (Å²) in [7, 11) is 0. The fourth-order valence-electron chi connectivity index (χ4n) is 9.05. The summed E-state index contributed by atoms with van der Waals surface area (Å²) in [6, 6.07) is 79.3. The molecule has 5 nitrogen and oxygen atoms in total. The maximum atomic E-state index is 5.43. The lowest BCUT2D eigenvalue weighted by molar-refractivity contribution is 0.953. The van der Waals surface area contributed by atoms with Gasteiger partial charge in [0, 0.05) is 38.4 Å². The highest BCUT2D eigenvalue weighted by Gasteiger charge is 2.24. The molecule has 62 heavy (non-hydrogen) atoms. The van der Waals surface area contributed by atoms with Gasteiger partial charge in [0.15, 0.2) is 11.6 Å². The van der Waals surface area contributed by atoms with Crippen LogP contribution in [-0.4, -0.2) is 24.1 Å². The van der Waals surface area contributed by atoms with Crippen molar-refractivity contribution < 1.29 is 0 Å². The molecule has 9 aromatic carbocycles. The Morgan fingerprint density at radius 2 is 0.710 bits per heavy atom. The Kier molecular flexibility index (Phi) is 8.42. The van der Waals surface area contributed by atoms with Crippen LogP contribution in [-0.2, 0) is 0 Å². The zero-order chi connectivity index (χ0) is 41.0. The Balaban J connectivity index is 1.18. The van der Waals surface area contributed by atoms with Gasteiger partial charge >= 0.3 is 0 Å². The molecule has 0 saturated heterocycles. The minimum Gasteiger partial charge on any atom is -0.307 e. The molecule has 12 aromatic rings. The van der Waals surface area contributed by atoms with E-state index in [1.807, 2.05) is 24.3 Å². The van der Waals surface area contributed by atoms with Gasteiger partial charge in [-0.05, 0) is 69.8 Å². The highest BCUT2D eigenvalue weighted by molar-refractivity contribution is 6.24. The molecule has 0 unspecified atom stereocenters. The second-order valence-electron chi connectivity index (χ2n) is 15.7. The highest BCUT2D eigenvalue weighted by Crippen LogP contribution is 2.43. The largest absolute Gasteiger partial charge is 0.307 e. The van der Waals surface area contributed by atoms with E-state index in [1.54, 1.807) is 0 Å². The van der Waals surface area contributed by atoms with Gasteiger partial charge in [0.2, 0.25) is 5.95 Å². The van der Waals surface area contributed by atoms with Gasteiger partial charge in [0.05, 0.1) is 22.1 Å². The summed E-state index contributed by atoms with van der Waals surface area (Å²) in [4.78, 5) is 16.0. The molecule has 0 amide bonds. The van der Waals surface area contributed by atoms with Gasteiger partial charge in [-0.2, -0.15) is 9.97 Å². The smallest absolute Gasteiger partial charge is 0.238 e. The average molecular weight is 792 g/mol. The Hall–Kier alpha value is -8.41. The molecule has 0 spiro atoms. The monoisotopic (exact) mass is 791 g/mol. The molecule has 0 aliphatic carbocycles. The van der Waals surface area contributed by atoms with Crippen molar-refractivity contribution in [1.29, 1.82) is 0 Å². The van der Waals surface area contributed by atoms with Gasteiger partial charge in [-0.25, -0.2) is 4.98 Å². The highest BCUT2D eigenvalue weighted by atomic mass is 15.2. The second-order valence-corrected chi connectivity index (χ2v) is 15.7. The molecule has 12 rings (SSSR count). The first-order chi connectivity index (χ1) is 30.7. The van der Waals surface area contributed by atoms with Crippen LogP contribution < -0.4 is 0 Å². The van der Waals surface area contributed by atoms with Gasteiger partial charge in [0.25, 0.3) is 0 Å². The van der Waals surface area contributed by atoms with Crippen molar-refractivity contribution in [2.75, 3.05) is 0 Å². The first kappa shape index (κ1) is 35.5. The zero-order valence-electron chi connectivity index (χ0n) is 33.6. The van der Waals surface area contributed by atoms with Gasteiger partial charge in [0.1, 0.15) is 0 Å². The van der Waals surface area contributed by atoms with Gasteiger partial charge in [-0.3, -0.25) is 4.57 Å². The molecule has 0 bridgehead atoms. The summed E-state index contributed by atoms with van der Waals surface area (Å²) in [5, 5.41) is 4.57. The third-order valence-electron chi connectivity index (χ3n) is 12.0. The molecule has 3 aromatic heterocycles. The quantitative estimate of drug-likeness (QED) is 0.162. The number of hydrogen-bond acceptors (Lipinski definition) is 3. The lowest BCUT2D eigenvalue weighted by Crippen LogP contribution is -2.07. The predicted octanol–water partition coefficient (Wildman–Crippen LogP) is 14.4. The second kappa shape index (κ2) is 14.7. The van der Waals surface area contributed by atoms with Crippen LogP contribution in [0.2, 0.25) is 0 Å². The molecule has 0 aliphatic rings. The van der Waals surface area contributed by atoms with E-state index >= 15 is 0 Å². The van der Waals surface area contributed by atoms with Gasteiger partial charge in [-0.15, -0.1) is 0 Å². The predicted molar refractivity (Wildman–Crippen MR) is 256 cm³/mol. The zero-order valence-corrected chi connectivity index (χ0v) is 33.6. The van der Waals surface area contributed by atoms with Crippen molar-refractivity contribution in [3.05, 3.63) is 224 Å². The van der Waals surface area contributed by atoms with Crippen molar-refractivity contribution in [1.82, 2.24) is 24.1 Å². The lowest BCUT2D eigenvalue weighted by Gasteiger charge is -2.14. The maximum Gasteiger partial charge on any atom is 0.238 e. The van der Waals surface area contributed by atoms with Crippen LogP contribution in [0, 0.1) is 0 Å². The van der Waals surface area contributed by atoms with Crippen molar-refractivity contribution in [2.45, 2.75) is 0 Å². The van der Waals surface area contributed by atoms with E-state index in [1.165, 1.54) is 16.5 Å². The topological polar surface area (TPSA) is 48.5 Å². The summed E-state index contributed by atoms with van der Waals surface area (Å²) in [6.07, 6.45) is 0. The van der Waals surface area contributed by atoms with Gasteiger partial charge < -0.3 is 4.57 Å². The van der Waals surface area contributed by atoms with Crippen LogP contribution >= 0.6 is 0 Å². The molecule has 0 N–H and O–H groups in total. The lowest BCUT2D eigenvalue weighted by atomic mass is 10.0. The summed E-state index contributed by atoms with van der Waals surface area (Å²) in [6.45, 7) is 0. The number of rotatable bonds is 7. The van der Waals surface area contributed by atoms with Crippen LogP contribution in [0.4, 0.5) is 0 Å².